The van der Waals surface area contributed by atoms with Crippen LogP contribution < -0.4 is 0 Å². The highest BCUT2D eigenvalue weighted by Crippen LogP contribution is 2.82. The van der Waals surface area contributed by atoms with Crippen molar-refractivity contribution >= 4 is 16.1 Å². The Labute approximate surface area is 321 Å². The first-order chi connectivity index (χ1) is 26.3. The summed E-state index contributed by atoms with van der Waals surface area (Å²) in [5, 5.41) is -0.0161. The molecule has 0 unspecified atom stereocenters. The van der Waals surface area contributed by atoms with Crippen LogP contribution in [0.1, 0.15) is 68.9 Å². The molecule has 0 aliphatic carbocycles. The van der Waals surface area contributed by atoms with Gasteiger partial charge in [0.05, 0.1) is 40.6 Å². The molecule has 0 N–H and O–H groups in total. The molecule has 8 aliphatic rings. The van der Waals surface area contributed by atoms with E-state index in [0.29, 0.717) is 23.7 Å². The highest BCUT2D eigenvalue weighted by atomic mass is 28.3. The molecule has 4 heteroatoms. The Morgan fingerprint density at radius 3 is 0.796 bits per heavy atom. The van der Waals surface area contributed by atoms with E-state index in [0.717, 1.165) is 0 Å². The SMILES string of the molecule is C[Si]1(C)[C@]2(c3ccccc3)C=C[C@@]1(c1ccccc1)[C@@H]1[C@H]2[C@@H]2O[C@H]1c1cc3c(cc12)[C@@H]1O[C@H]3[C@@H]2[C@H]1[C@]1(c3ccccc3)C=C[C@@]2(c2ccccc2)[Si]1(C)C. The zero-order chi connectivity index (χ0) is 36.0. The van der Waals surface area contributed by atoms with Crippen LogP contribution in [0.15, 0.2) is 158 Å². The second-order valence-electron chi connectivity index (χ2n) is 19.0. The molecule has 8 heterocycles. The molecule has 4 fully saturated rings. The summed E-state index contributed by atoms with van der Waals surface area (Å²) >= 11 is 0. The quantitative estimate of drug-likeness (QED) is 0.135. The van der Waals surface area contributed by atoms with Gasteiger partial charge in [0.15, 0.2) is 0 Å². The maximum Gasteiger partial charge on any atom is 0.0878 e. The Morgan fingerprint density at radius 2 is 0.574 bits per heavy atom. The molecule has 4 saturated heterocycles. The van der Waals surface area contributed by atoms with Gasteiger partial charge in [-0.2, -0.15) is 0 Å². The molecule has 54 heavy (non-hydrogen) atoms. The van der Waals surface area contributed by atoms with E-state index in [1.54, 1.807) is 0 Å². The molecule has 0 saturated carbocycles. The van der Waals surface area contributed by atoms with E-state index in [1.165, 1.54) is 44.5 Å². The Hall–Kier alpha value is -4.07. The van der Waals surface area contributed by atoms with Crippen molar-refractivity contribution in [2.24, 2.45) is 23.7 Å². The molecule has 5 aromatic rings. The van der Waals surface area contributed by atoms with E-state index in [1.807, 2.05) is 0 Å². The molecule has 12 atom stereocenters. The largest absolute Gasteiger partial charge is 0.365 e. The first-order valence-electron chi connectivity index (χ1n) is 20.4. The number of rotatable bonds is 4. The average Bonchev–Trinajstić information content (AvgIpc) is 4.08. The third-order valence-electron chi connectivity index (χ3n) is 17.6. The molecule has 5 aromatic carbocycles. The Balaban J connectivity index is 1.01. The minimum Gasteiger partial charge on any atom is -0.365 e. The number of fused-ring (bicyclic) bond motifs is 24. The Morgan fingerprint density at radius 1 is 0.352 bits per heavy atom. The van der Waals surface area contributed by atoms with Gasteiger partial charge in [-0.05, 0) is 56.6 Å². The van der Waals surface area contributed by atoms with Crippen LogP contribution in [0.25, 0.3) is 0 Å². The summed E-state index contributed by atoms with van der Waals surface area (Å²) in [6.07, 6.45) is 11.0. The van der Waals surface area contributed by atoms with Crippen LogP contribution in [0.3, 0.4) is 0 Å². The highest BCUT2D eigenvalue weighted by molar-refractivity contribution is 6.86. The zero-order valence-corrected chi connectivity index (χ0v) is 33.4. The van der Waals surface area contributed by atoms with E-state index in [9.17, 15) is 0 Å². The van der Waals surface area contributed by atoms with Gasteiger partial charge in [0.2, 0.25) is 0 Å². The topological polar surface area (TPSA) is 18.5 Å². The van der Waals surface area contributed by atoms with Crippen molar-refractivity contribution in [1.82, 2.24) is 0 Å². The fourth-order valence-electron chi connectivity index (χ4n) is 15.8. The monoisotopic (exact) mass is 734 g/mol. The van der Waals surface area contributed by atoms with E-state index in [-0.39, 0.29) is 44.6 Å². The van der Waals surface area contributed by atoms with Gasteiger partial charge in [0.25, 0.3) is 0 Å². The molecule has 2 nitrogen and oxygen atoms in total. The predicted molar refractivity (Wildman–Crippen MR) is 219 cm³/mol. The van der Waals surface area contributed by atoms with Crippen LogP contribution in [0.2, 0.25) is 26.2 Å². The lowest BCUT2D eigenvalue weighted by atomic mass is 9.58. The molecule has 8 bridgehead atoms. The van der Waals surface area contributed by atoms with Crippen molar-refractivity contribution in [1.29, 1.82) is 0 Å². The first-order valence-corrected chi connectivity index (χ1v) is 26.4. The summed E-state index contributed by atoms with van der Waals surface area (Å²) in [5.41, 5.74) is 11.8. The molecular weight excluding hydrogens is 689 g/mol. The number of allylic oxidation sites excluding steroid dienone is 4. The second-order valence-corrected chi connectivity index (χ2v) is 28.8. The van der Waals surface area contributed by atoms with Crippen LogP contribution in [0.4, 0.5) is 0 Å². The van der Waals surface area contributed by atoms with Gasteiger partial charge in [-0.1, -0.05) is 172 Å². The van der Waals surface area contributed by atoms with E-state index < -0.39 is 16.1 Å². The normalized spacial score (nSPS) is 42.0. The number of ether oxygens (including phenoxy) is 2. The van der Waals surface area contributed by atoms with Crippen LogP contribution in [-0.2, 0) is 29.6 Å². The van der Waals surface area contributed by atoms with Gasteiger partial charge in [0.1, 0.15) is 0 Å². The summed E-state index contributed by atoms with van der Waals surface area (Å²) in [7, 11) is -4.18. The lowest BCUT2D eigenvalue weighted by Gasteiger charge is -2.45. The van der Waals surface area contributed by atoms with Crippen LogP contribution in [-0.4, -0.2) is 16.1 Å². The maximum atomic E-state index is 7.44. The molecule has 0 aromatic heterocycles. The molecule has 0 spiro atoms. The standard InChI is InChI=1S/C50H46O2Si2/c1-53(2)47(31-17-9-5-10-18-31)25-26-48(53,32-19-11-6-12-20-32)40-39(47)43-35-29-37-38(30-36(35)44(40)51-43)46-42-41(45(37)52-46)49(33-21-13-7-14-22-33)27-28-50(42,54(49,3)4)34-23-15-8-16-24-34/h5-30,39-46H,1-4H3/t39-,40+,41+,42-,43+,44-,45-,46+,47-,48+,49+,50-. The molecule has 0 radical (unpaired) electrons. The number of benzene rings is 5. The molecule has 13 rings (SSSR count). The summed E-state index contributed by atoms with van der Waals surface area (Å²) in [4.78, 5) is 0. The fraction of sp³-hybridized carbons (Fsp3) is 0.320. The van der Waals surface area contributed by atoms with Gasteiger partial charge in [-0.15, -0.1) is 0 Å². The molecular formula is C50H46O2Si2. The van der Waals surface area contributed by atoms with Gasteiger partial charge in [-0.3, -0.25) is 0 Å². The van der Waals surface area contributed by atoms with Crippen LogP contribution in [0.5, 0.6) is 0 Å². The van der Waals surface area contributed by atoms with Gasteiger partial charge in [-0.25, -0.2) is 0 Å². The third kappa shape index (κ3) is 2.93. The van der Waals surface area contributed by atoms with E-state index in [4.69, 9.17) is 9.47 Å². The van der Waals surface area contributed by atoms with Gasteiger partial charge < -0.3 is 9.47 Å². The smallest absolute Gasteiger partial charge is 0.0878 e. The summed E-state index contributed by atoms with van der Waals surface area (Å²) in [6.45, 7) is 10.8. The van der Waals surface area contributed by atoms with Crippen LogP contribution in [0, 0.1) is 23.7 Å². The number of hydrogen-bond donors (Lipinski definition) is 0. The highest BCUT2D eigenvalue weighted by Gasteiger charge is 2.83. The maximum absolute atomic E-state index is 7.44. The first kappa shape index (κ1) is 31.2. The molecule has 266 valence electrons. The summed E-state index contributed by atoms with van der Waals surface area (Å²) in [6, 6.07) is 51.4. The van der Waals surface area contributed by atoms with E-state index >= 15 is 0 Å². The van der Waals surface area contributed by atoms with Crippen molar-refractivity contribution in [3.63, 3.8) is 0 Å². The van der Waals surface area contributed by atoms with Crippen molar-refractivity contribution in [2.75, 3.05) is 0 Å². The second kappa shape index (κ2) is 9.65. The third-order valence-corrected chi connectivity index (χ3v) is 29.1. The van der Waals surface area contributed by atoms with Crippen molar-refractivity contribution < 1.29 is 9.47 Å². The summed E-state index contributed by atoms with van der Waals surface area (Å²) < 4.78 is 14.9. The Kier molecular flexibility index (Phi) is 5.57. The molecule has 8 aliphatic heterocycles. The lowest BCUT2D eigenvalue weighted by molar-refractivity contribution is 0.0433. The van der Waals surface area contributed by atoms with Crippen molar-refractivity contribution in [3.05, 3.63) is 202 Å². The number of hydrogen-bond acceptors (Lipinski definition) is 2. The van der Waals surface area contributed by atoms with Gasteiger partial charge in [0, 0.05) is 43.8 Å². The van der Waals surface area contributed by atoms with E-state index in [2.05, 4.69) is 184 Å². The lowest BCUT2D eigenvalue weighted by Crippen LogP contribution is -2.56. The minimum absolute atomic E-state index is 0.00402. The molecule has 0 amide bonds. The van der Waals surface area contributed by atoms with Crippen molar-refractivity contribution in [2.45, 2.75) is 70.8 Å². The zero-order valence-electron chi connectivity index (χ0n) is 31.4. The van der Waals surface area contributed by atoms with Gasteiger partial charge >= 0.3 is 0 Å². The predicted octanol–water partition coefficient (Wildman–Crippen LogP) is 10.9. The Bertz CT molecular complexity index is 2140. The average molecular weight is 735 g/mol. The summed E-state index contributed by atoms with van der Waals surface area (Å²) in [5.74, 6) is 1.62. The van der Waals surface area contributed by atoms with Crippen molar-refractivity contribution in [3.8, 4) is 0 Å². The minimum atomic E-state index is -2.09. The fourth-order valence-corrected chi connectivity index (χ4v) is 27.4. The van der Waals surface area contributed by atoms with Crippen LogP contribution >= 0.6 is 0 Å².